The topological polar surface area (TPSA) is 93.7 Å². The normalized spacial score (nSPS) is 12.7. The highest BCUT2D eigenvalue weighted by Crippen LogP contribution is 2.37. The first-order chi connectivity index (χ1) is 13.9. The molecule has 0 spiro atoms. The molecule has 1 aliphatic rings. The smallest absolute Gasteiger partial charge is 0.261 e. The number of benzene rings is 3. The van der Waals surface area contributed by atoms with Crippen LogP contribution in [0.4, 0.5) is 11.4 Å². The lowest BCUT2D eigenvalue weighted by Crippen LogP contribution is -2.14. The van der Waals surface area contributed by atoms with Gasteiger partial charge in [-0.05, 0) is 67.1 Å². The van der Waals surface area contributed by atoms with E-state index >= 15 is 0 Å². The summed E-state index contributed by atoms with van der Waals surface area (Å²) in [6.45, 7) is 1.92. The minimum Gasteiger partial charge on any atom is -0.497 e. The van der Waals surface area contributed by atoms with Gasteiger partial charge in [0.2, 0.25) is 0 Å². The van der Waals surface area contributed by atoms with Gasteiger partial charge in [-0.1, -0.05) is 6.07 Å². The van der Waals surface area contributed by atoms with Gasteiger partial charge < -0.3 is 14.8 Å². The maximum atomic E-state index is 12.7. The van der Waals surface area contributed by atoms with E-state index in [4.69, 9.17) is 9.47 Å². The van der Waals surface area contributed by atoms with E-state index in [1.807, 2.05) is 19.1 Å². The van der Waals surface area contributed by atoms with Gasteiger partial charge in [-0.25, -0.2) is 8.42 Å². The highest BCUT2D eigenvalue weighted by atomic mass is 32.2. The van der Waals surface area contributed by atoms with Crippen molar-refractivity contribution in [3.05, 3.63) is 71.8 Å². The second-order valence-electron chi connectivity index (χ2n) is 6.55. The first-order valence-electron chi connectivity index (χ1n) is 8.76. The van der Waals surface area contributed by atoms with Gasteiger partial charge in [0, 0.05) is 5.69 Å². The van der Waals surface area contributed by atoms with Gasteiger partial charge in [-0.3, -0.25) is 9.52 Å². The molecule has 0 unspecified atom stereocenters. The minimum atomic E-state index is -3.83. The predicted molar refractivity (Wildman–Crippen MR) is 109 cm³/mol. The summed E-state index contributed by atoms with van der Waals surface area (Å²) < 4.78 is 38.7. The Morgan fingerprint density at radius 3 is 2.45 bits per heavy atom. The van der Waals surface area contributed by atoms with Crippen molar-refractivity contribution in [3.63, 3.8) is 0 Å². The molecule has 29 heavy (non-hydrogen) atoms. The van der Waals surface area contributed by atoms with Crippen molar-refractivity contribution < 1.29 is 22.7 Å². The number of amides is 1. The van der Waals surface area contributed by atoms with Gasteiger partial charge in [-0.15, -0.1) is 0 Å². The number of sulfonamides is 1. The first kappa shape index (κ1) is 18.8. The van der Waals surface area contributed by atoms with E-state index < -0.39 is 10.0 Å². The SMILES string of the molecule is COc1ccc(S(=O)(=O)Nc2ccc3c(c2)C(=O)Nc2ccc(C)cc2O3)cc1. The number of aryl methyl sites for hydroxylation is 1. The van der Waals surface area contributed by atoms with Crippen LogP contribution in [0.5, 0.6) is 17.2 Å². The number of hydrogen-bond donors (Lipinski definition) is 2. The molecule has 0 aliphatic carbocycles. The van der Waals surface area contributed by atoms with Gasteiger partial charge >= 0.3 is 0 Å². The van der Waals surface area contributed by atoms with Crippen molar-refractivity contribution in [3.8, 4) is 17.2 Å². The molecular formula is C21H18N2O5S. The quantitative estimate of drug-likeness (QED) is 0.674. The molecule has 1 amide bonds. The van der Waals surface area contributed by atoms with Crippen LogP contribution in [-0.4, -0.2) is 21.4 Å². The monoisotopic (exact) mass is 410 g/mol. The molecule has 0 fully saturated rings. The van der Waals surface area contributed by atoms with Crippen LogP contribution in [0, 0.1) is 6.92 Å². The second kappa shape index (κ2) is 7.14. The molecular weight excluding hydrogens is 392 g/mol. The molecule has 0 saturated heterocycles. The van der Waals surface area contributed by atoms with E-state index in [1.165, 1.54) is 25.3 Å². The molecule has 2 N–H and O–H groups in total. The van der Waals surface area contributed by atoms with Gasteiger partial charge in [0.1, 0.15) is 11.5 Å². The van der Waals surface area contributed by atoms with Gasteiger partial charge in [0.05, 0.1) is 23.3 Å². The van der Waals surface area contributed by atoms with Crippen molar-refractivity contribution in [1.29, 1.82) is 0 Å². The van der Waals surface area contributed by atoms with Crippen LogP contribution in [0.25, 0.3) is 0 Å². The van der Waals surface area contributed by atoms with Gasteiger partial charge in [-0.2, -0.15) is 0 Å². The fourth-order valence-electron chi connectivity index (χ4n) is 2.95. The molecule has 148 valence electrons. The molecule has 0 saturated carbocycles. The van der Waals surface area contributed by atoms with Crippen molar-refractivity contribution in [2.75, 3.05) is 17.1 Å². The third-order valence-electron chi connectivity index (χ3n) is 4.45. The summed E-state index contributed by atoms with van der Waals surface area (Å²) in [5, 5.41) is 2.79. The molecule has 7 nitrogen and oxygen atoms in total. The lowest BCUT2D eigenvalue weighted by atomic mass is 10.1. The molecule has 3 aromatic carbocycles. The number of methoxy groups -OCH3 is 1. The Balaban J connectivity index is 1.64. The standard InChI is InChI=1S/C21H18N2O5S/c1-13-3-9-18-20(11-13)28-19-10-4-14(12-17(19)21(24)22-18)23-29(25,26)16-7-5-15(27-2)6-8-16/h3-12,23H,1-2H3,(H,22,24). The van der Waals surface area contributed by atoms with E-state index in [0.717, 1.165) is 5.56 Å². The number of fused-ring (bicyclic) bond motifs is 2. The molecule has 8 heteroatoms. The molecule has 0 bridgehead atoms. The summed E-state index contributed by atoms with van der Waals surface area (Å²) >= 11 is 0. The maximum Gasteiger partial charge on any atom is 0.261 e. The van der Waals surface area contributed by atoms with E-state index in [-0.39, 0.29) is 22.1 Å². The van der Waals surface area contributed by atoms with Crippen LogP contribution < -0.4 is 19.5 Å². The van der Waals surface area contributed by atoms with Crippen LogP contribution in [0.3, 0.4) is 0 Å². The van der Waals surface area contributed by atoms with Gasteiger partial charge in [0.15, 0.2) is 5.75 Å². The van der Waals surface area contributed by atoms with E-state index in [0.29, 0.717) is 22.9 Å². The van der Waals surface area contributed by atoms with E-state index in [2.05, 4.69) is 10.0 Å². The zero-order valence-corrected chi connectivity index (χ0v) is 16.5. The molecule has 1 heterocycles. The minimum absolute atomic E-state index is 0.0804. The largest absolute Gasteiger partial charge is 0.497 e. The fraction of sp³-hybridized carbons (Fsp3) is 0.0952. The average molecular weight is 410 g/mol. The second-order valence-corrected chi connectivity index (χ2v) is 8.23. The number of carbonyl (C=O) groups is 1. The molecule has 4 rings (SSSR count). The number of rotatable bonds is 4. The van der Waals surface area contributed by atoms with Crippen LogP contribution >= 0.6 is 0 Å². The number of hydrogen-bond acceptors (Lipinski definition) is 5. The van der Waals surface area contributed by atoms with Crippen molar-refractivity contribution in [2.24, 2.45) is 0 Å². The van der Waals surface area contributed by atoms with E-state index in [9.17, 15) is 13.2 Å². The first-order valence-corrected chi connectivity index (χ1v) is 10.2. The third kappa shape index (κ3) is 3.74. The summed E-state index contributed by atoms with van der Waals surface area (Å²) in [7, 11) is -2.32. The highest BCUT2D eigenvalue weighted by molar-refractivity contribution is 7.92. The Morgan fingerprint density at radius 1 is 0.966 bits per heavy atom. The highest BCUT2D eigenvalue weighted by Gasteiger charge is 2.22. The van der Waals surface area contributed by atoms with Gasteiger partial charge in [0.25, 0.3) is 15.9 Å². The van der Waals surface area contributed by atoms with Crippen LogP contribution in [0.2, 0.25) is 0 Å². The zero-order chi connectivity index (χ0) is 20.6. The Kier molecular flexibility index (Phi) is 4.63. The fourth-order valence-corrected chi connectivity index (χ4v) is 4.00. The molecule has 0 atom stereocenters. The van der Waals surface area contributed by atoms with Crippen molar-refractivity contribution in [2.45, 2.75) is 11.8 Å². The Morgan fingerprint density at radius 2 is 1.72 bits per heavy atom. The number of nitrogens with one attached hydrogen (secondary N) is 2. The average Bonchev–Trinajstić information content (AvgIpc) is 2.83. The summed E-state index contributed by atoms with van der Waals surface area (Å²) in [6, 6.07) is 16.0. The number of anilines is 2. The van der Waals surface area contributed by atoms with Crippen LogP contribution in [-0.2, 0) is 10.0 Å². The number of carbonyl (C=O) groups excluding carboxylic acids is 1. The van der Waals surface area contributed by atoms with E-state index in [1.54, 1.807) is 30.3 Å². The Bertz CT molecular complexity index is 1200. The van der Waals surface area contributed by atoms with Crippen LogP contribution in [0.15, 0.2) is 65.6 Å². The number of ether oxygens (including phenoxy) is 2. The Hall–Kier alpha value is -3.52. The lowest BCUT2D eigenvalue weighted by Gasteiger charge is -2.11. The van der Waals surface area contributed by atoms with Crippen molar-refractivity contribution in [1.82, 2.24) is 0 Å². The summed E-state index contributed by atoms with van der Waals surface area (Å²) in [4.78, 5) is 12.7. The molecule has 3 aromatic rings. The molecule has 0 aromatic heterocycles. The maximum absolute atomic E-state index is 12.7. The summed E-state index contributed by atoms with van der Waals surface area (Å²) in [5.74, 6) is 1.05. The predicted octanol–water partition coefficient (Wildman–Crippen LogP) is 4.16. The molecule has 0 radical (unpaired) electrons. The summed E-state index contributed by atoms with van der Waals surface area (Å²) in [6.07, 6.45) is 0. The molecule has 1 aliphatic heterocycles. The van der Waals surface area contributed by atoms with Crippen LogP contribution in [0.1, 0.15) is 15.9 Å². The summed E-state index contributed by atoms with van der Waals surface area (Å²) in [5.41, 5.74) is 2.02. The third-order valence-corrected chi connectivity index (χ3v) is 5.85. The van der Waals surface area contributed by atoms with Crippen molar-refractivity contribution >= 4 is 27.3 Å². The lowest BCUT2D eigenvalue weighted by molar-refractivity contribution is 0.102. The Labute approximate surface area is 168 Å². The zero-order valence-electron chi connectivity index (χ0n) is 15.7.